The van der Waals surface area contributed by atoms with Gasteiger partial charge in [-0.2, -0.15) is 0 Å². The van der Waals surface area contributed by atoms with Crippen LogP contribution < -0.4 is 47.0 Å². The Labute approximate surface area is 412 Å². The fraction of sp³-hybridized carbons (Fsp3) is 0.160. The highest BCUT2D eigenvalue weighted by molar-refractivity contribution is 14.1. The third-order valence-corrected chi connectivity index (χ3v) is 11.7. The number of nitrogens with zero attached hydrogens (tertiary/aromatic N) is 2. The minimum atomic E-state index is -0.811. The number of amides is 2. The molecule has 0 saturated heterocycles. The van der Waals surface area contributed by atoms with Crippen LogP contribution in [-0.2, 0) is 20.6 Å². The number of ether oxygens (including phenoxy) is 3. The van der Waals surface area contributed by atoms with Crippen molar-refractivity contribution in [1.29, 1.82) is 0 Å². The van der Waals surface area contributed by atoms with Gasteiger partial charge in [0.2, 0.25) is 0 Å². The number of carbonyl (C=O) groups is 2. The Morgan fingerprint density at radius 3 is 1.48 bits per heavy atom. The maximum absolute atomic E-state index is 14.8. The van der Waals surface area contributed by atoms with Crippen molar-refractivity contribution >= 4 is 80.0 Å². The molecular formula is C50H46F2I2N6O7. The summed E-state index contributed by atoms with van der Waals surface area (Å²) in [5.74, 6) is -0.463. The minimum Gasteiger partial charge on any atom is -0.497 e. The topological polar surface area (TPSA) is 168 Å². The van der Waals surface area contributed by atoms with Crippen LogP contribution in [-0.4, -0.2) is 28.1 Å². The number of methoxy groups -OCH3 is 1. The highest BCUT2D eigenvalue weighted by atomic mass is 127. The van der Waals surface area contributed by atoms with Crippen molar-refractivity contribution in [2.75, 3.05) is 17.7 Å². The number of nitrogens with one attached hydrogen (secondary N) is 3. The molecule has 0 saturated carbocycles. The summed E-state index contributed by atoms with van der Waals surface area (Å²) in [7, 11) is 4.55. The Hall–Kier alpha value is -6.74. The normalized spacial score (nSPS) is 10.7. The molecule has 7 aromatic rings. The van der Waals surface area contributed by atoms with Crippen LogP contribution in [0.1, 0.15) is 48.5 Å². The summed E-state index contributed by atoms with van der Waals surface area (Å²) in [6.07, 6.45) is 0. The molecule has 0 aliphatic carbocycles. The number of carbonyl (C=O) groups excluding carboxylic acids is 2. The van der Waals surface area contributed by atoms with Gasteiger partial charge in [0.25, 0.3) is 22.9 Å². The van der Waals surface area contributed by atoms with E-state index in [9.17, 15) is 28.0 Å². The number of primary amides is 1. The van der Waals surface area contributed by atoms with Crippen molar-refractivity contribution in [3.8, 4) is 28.7 Å². The standard InChI is InChI=1S/C29H27FIN3O4.C21H19FIN3O3/c1-17-5-12-24(18(2)13-17)38-25-15-26(35)34(3)28(33-23-11-8-20(31)14-22(23)30)27(25)29(36)32-16-19-6-9-21(37-4)10-7-19;1-11-4-7-16(12(2)8-11)29-17-10-18(27)26(3)21(19(17)20(24)28)25-15-6-5-13(23)9-14(15)22/h5-15,33H,16H2,1-4H3,(H,32,36);4-10,25H,1-3H3,(H2,24,28). The number of hydrogen-bond acceptors (Lipinski definition) is 9. The SMILES string of the molecule is COc1ccc(CNC(=O)c2c(Oc3ccc(C)cc3C)cc(=O)n(C)c2Nc2ccc(I)cc2F)cc1.Cc1ccc(Oc2cc(=O)n(C)c(Nc3ccc(I)cc3F)c2C(N)=O)c(C)c1. The number of anilines is 4. The van der Waals surface area contributed by atoms with E-state index in [1.165, 1.54) is 53.6 Å². The summed E-state index contributed by atoms with van der Waals surface area (Å²) in [6, 6.07) is 30.1. The molecule has 0 atom stereocenters. The molecule has 0 fully saturated rings. The van der Waals surface area contributed by atoms with Crippen LogP contribution in [0.3, 0.4) is 0 Å². The molecule has 0 radical (unpaired) electrons. The Morgan fingerprint density at radius 2 is 1.06 bits per heavy atom. The molecular weight excluding hydrogens is 1090 g/mol. The first-order valence-corrected chi connectivity index (χ1v) is 22.6. The third kappa shape index (κ3) is 12.2. The van der Waals surface area contributed by atoms with Gasteiger partial charge in [0.1, 0.15) is 63.1 Å². The molecule has 5 aromatic carbocycles. The van der Waals surface area contributed by atoms with Crippen molar-refractivity contribution in [1.82, 2.24) is 14.5 Å². The molecule has 0 spiro atoms. The van der Waals surface area contributed by atoms with Crippen LogP contribution in [0.4, 0.5) is 31.8 Å². The van der Waals surface area contributed by atoms with E-state index >= 15 is 0 Å². The molecule has 0 aliphatic rings. The van der Waals surface area contributed by atoms with Gasteiger partial charge in [0, 0.05) is 39.9 Å². The summed E-state index contributed by atoms with van der Waals surface area (Å²) in [5, 5.41) is 8.65. The first-order chi connectivity index (χ1) is 31.8. The lowest BCUT2D eigenvalue weighted by Gasteiger charge is -2.20. The van der Waals surface area contributed by atoms with Crippen LogP contribution in [0.2, 0.25) is 0 Å². The first-order valence-electron chi connectivity index (χ1n) is 20.5. The van der Waals surface area contributed by atoms with Gasteiger partial charge < -0.3 is 35.9 Å². The molecule has 67 heavy (non-hydrogen) atoms. The second-order valence-corrected chi connectivity index (χ2v) is 17.9. The summed E-state index contributed by atoms with van der Waals surface area (Å²) in [4.78, 5) is 51.3. The van der Waals surface area contributed by atoms with E-state index in [1.807, 2.05) is 109 Å². The number of halogens is 4. The molecule has 7 rings (SSSR count). The molecule has 346 valence electrons. The lowest BCUT2D eigenvalue weighted by atomic mass is 10.1. The van der Waals surface area contributed by atoms with Crippen molar-refractivity contribution < 1.29 is 32.6 Å². The Bertz CT molecular complexity index is 3140. The van der Waals surface area contributed by atoms with Gasteiger partial charge in [0.15, 0.2) is 0 Å². The van der Waals surface area contributed by atoms with E-state index < -0.39 is 34.6 Å². The Morgan fingerprint density at radius 1 is 0.612 bits per heavy atom. The highest BCUT2D eigenvalue weighted by Gasteiger charge is 2.25. The van der Waals surface area contributed by atoms with Crippen molar-refractivity contribution in [3.05, 3.63) is 188 Å². The molecule has 5 N–H and O–H groups in total. The molecule has 2 aromatic heterocycles. The number of nitrogens with two attached hydrogens (primary N) is 1. The van der Waals surface area contributed by atoms with E-state index in [-0.39, 0.29) is 52.2 Å². The fourth-order valence-electron chi connectivity index (χ4n) is 6.78. The number of aryl methyl sites for hydroxylation is 4. The molecule has 2 amide bonds. The molecule has 0 bridgehead atoms. The summed E-state index contributed by atoms with van der Waals surface area (Å²) in [5.41, 5.74) is 9.58. The Balaban J connectivity index is 0.000000229. The van der Waals surface area contributed by atoms with Crippen LogP contribution in [0, 0.1) is 46.5 Å². The minimum absolute atomic E-state index is 0.000901. The molecule has 13 nitrogen and oxygen atoms in total. The maximum Gasteiger partial charge on any atom is 0.259 e. The zero-order chi connectivity index (χ0) is 48.7. The van der Waals surface area contributed by atoms with Crippen molar-refractivity contribution in [3.63, 3.8) is 0 Å². The predicted molar refractivity (Wildman–Crippen MR) is 273 cm³/mol. The van der Waals surface area contributed by atoms with Crippen molar-refractivity contribution in [2.24, 2.45) is 19.8 Å². The van der Waals surface area contributed by atoms with Gasteiger partial charge in [-0.1, -0.05) is 47.5 Å². The smallest absolute Gasteiger partial charge is 0.259 e. The van der Waals surface area contributed by atoms with Crippen molar-refractivity contribution in [2.45, 2.75) is 34.2 Å². The van der Waals surface area contributed by atoms with Gasteiger partial charge in [-0.05, 0) is 150 Å². The quantitative estimate of drug-likeness (QED) is 0.0822. The predicted octanol–water partition coefficient (Wildman–Crippen LogP) is 10.6. The summed E-state index contributed by atoms with van der Waals surface area (Å²) >= 11 is 4.00. The lowest BCUT2D eigenvalue weighted by molar-refractivity contribution is 0.0947. The molecule has 17 heteroatoms. The van der Waals surface area contributed by atoms with Gasteiger partial charge in [-0.3, -0.25) is 28.3 Å². The van der Waals surface area contributed by atoms with E-state index in [0.717, 1.165) is 27.8 Å². The number of benzene rings is 5. The number of pyridine rings is 2. The summed E-state index contributed by atoms with van der Waals surface area (Å²) in [6.45, 7) is 7.86. The fourth-order valence-corrected chi connectivity index (χ4v) is 7.68. The maximum atomic E-state index is 14.8. The van der Waals surface area contributed by atoms with E-state index in [4.69, 9.17) is 19.9 Å². The lowest BCUT2D eigenvalue weighted by Crippen LogP contribution is -2.29. The van der Waals surface area contributed by atoms with Crippen LogP contribution in [0.25, 0.3) is 0 Å². The third-order valence-electron chi connectivity index (χ3n) is 10.4. The van der Waals surface area contributed by atoms with Gasteiger partial charge >= 0.3 is 0 Å². The number of aromatic nitrogens is 2. The van der Waals surface area contributed by atoms with Crippen LogP contribution in [0.15, 0.2) is 119 Å². The molecule has 2 heterocycles. The van der Waals surface area contributed by atoms with Crippen LogP contribution >= 0.6 is 45.2 Å². The number of rotatable bonds is 13. The second-order valence-electron chi connectivity index (χ2n) is 15.4. The van der Waals surface area contributed by atoms with E-state index in [0.29, 0.717) is 24.4 Å². The summed E-state index contributed by atoms with van der Waals surface area (Å²) < 4.78 is 50.2. The zero-order valence-corrected chi connectivity index (χ0v) is 41.8. The van der Waals surface area contributed by atoms with Crippen LogP contribution in [0.5, 0.6) is 28.7 Å². The first kappa shape index (κ1) is 49.7. The monoisotopic (exact) mass is 1130 g/mol. The molecule has 0 aliphatic heterocycles. The van der Waals surface area contributed by atoms with Gasteiger partial charge in [0.05, 0.1) is 18.5 Å². The largest absolute Gasteiger partial charge is 0.497 e. The number of hydrogen-bond donors (Lipinski definition) is 4. The van der Waals surface area contributed by atoms with Gasteiger partial charge in [-0.25, -0.2) is 8.78 Å². The van der Waals surface area contributed by atoms with Gasteiger partial charge in [-0.15, -0.1) is 0 Å². The second kappa shape index (κ2) is 21.7. The van der Waals surface area contributed by atoms with E-state index in [1.54, 1.807) is 49.6 Å². The van der Waals surface area contributed by atoms with E-state index in [2.05, 4.69) is 16.0 Å². The Kier molecular flexibility index (Phi) is 16.1. The average molecular weight is 1130 g/mol. The zero-order valence-electron chi connectivity index (χ0n) is 37.4. The average Bonchev–Trinajstić information content (AvgIpc) is 3.27. The highest BCUT2D eigenvalue weighted by Crippen LogP contribution is 2.35. The molecule has 0 unspecified atom stereocenters.